The first-order chi connectivity index (χ1) is 5.36. The molecule has 0 aromatic carbocycles. The molecule has 2 nitrogen and oxygen atoms in total. The van der Waals surface area contributed by atoms with Crippen molar-refractivity contribution in [2.45, 2.75) is 19.9 Å². The highest BCUT2D eigenvalue weighted by Crippen LogP contribution is 1.93. The van der Waals surface area contributed by atoms with Crippen LogP contribution in [0.3, 0.4) is 0 Å². The number of hydrogen-bond donors (Lipinski definition) is 1. The standard InChI is InChI=1S/C9H15N2.2BrH/c1-2-9-4-3-6-11(8-9)7-5-10;;/h3-4,6,8H,2,5,7,10H2,1H3;2*1H/q+1;;/p-1. The molecule has 0 fully saturated rings. The lowest BCUT2D eigenvalue weighted by atomic mass is 10.2. The first-order valence-electron chi connectivity index (χ1n) is 4.05. The van der Waals surface area contributed by atoms with Crippen molar-refractivity contribution in [1.82, 2.24) is 0 Å². The Bertz CT molecular complexity index is 229. The fourth-order valence-corrected chi connectivity index (χ4v) is 1.07. The summed E-state index contributed by atoms with van der Waals surface area (Å²) in [7, 11) is 0. The minimum Gasteiger partial charge on any atom is -1.00 e. The molecule has 1 heterocycles. The van der Waals surface area contributed by atoms with E-state index in [1.807, 2.05) is 6.20 Å². The lowest BCUT2D eigenvalue weighted by Crippen LogP contribution is -3.00. The van der Waals surface area contributed by atoms with E-state index in [0.29, 0.717) is 6.54 Å². The highest BCUT2D eigenvalue weighted by molar-refractivity contribution is 8.93. The van der Waals surface area contributed by atoms with Crippen LogP contribution in [0.1, 0.15) is 12.5 Å². The van der Waals surface area contributed by atoms with Crippen LogP contribution in [0, 0.1) is 0 Å². The summed E-state index contributed by atoms with van der Waals surface area (Å²) >= 11 is 0. The highest BCUT2D eigenvalue weighted by Gasteiger charge is 1.98. The third-order valence-electron chi connectivity index (χ3n) is 1.72. The Kier molecular flexibility index (Phi) is 10.3. The van der Waals surface area contributed by atoms with Gasteiger partial charge < -0.3 is 22.7 Å². The van der Waals surface area contributed by atoms with Crippen molar-refractivity contribution in [1.29, 1.82) is 0 Å². The summed E-state index contributed by atoms with van der Waals surface area (Å²) in [6.07, 6.45) is 5.28. The second kappa shape index (κ2) is 8.66. The molecule has 2 N–H and O–H groups in total. The molecule has 1 aromatic rings. The average Bonchev–Trinajstić information content (AvgIpc) is 2.06. The molecule has 0 atom stereocenters. The fraction of sp³-hybridized carbons (Fsp3) is 0.444. The van der Waals surface area contributed by atoms with E-state index >= 15 is 0 Å². The Morgan fingerprint density at radius 2 is 2.15 bits per heavy atom. The molecule has 13 heavy (non-hydrogen) atoms. The smallest absolute Gasteiger partial charge is 0.172 e. The quantitative estimate of drug-likeness (QED) is 0.648. The molecule has 76 valence electrons. The van der Waals surface area contributed by atoms with Gasteiger partial charge in [-0.05, 0) is 12.5 Å². The molecular formula is C9H16Br2N2. The molecule has 0 amide bonds. The van der Waals surface area contributed by atoms with Gasteiger partial charge >= 0.3 is 0 Å². The van der Waals surface area contributed by atoms with Crippen LogP contribution >= 0.6 is 17.0 Å². The molecule has 1 aromatic heterocycles. The van der Waals surface area contributed by atoms with Crippen molar-refractivity contribution in [3.63, 3.8) is 0 Å². The summed E-state index contributed by atoms with van der Waals surface area (Å²) in [6, 6.07) is 4.20. The molecule has 1 rings (SSSR count). The maximum absolute atomic E-state index is 5.43. The molecule has 0 bridgehead atoms. The highest BCUT2D eigenvalue weighted by atomic mass is 79.9. The van der Waals surface area contributed by atoms with Gasteiger partial charge in [-0.3, -0.25) is 0 Å². The predicted molar refractivity (Wildman–Crippen MR) is 55.4 cm³/mol. The van der Waals surface area contributed by atoms with Crippen molar-refractivity contribution < 1.29 is 21.5 Å². The Hall–Kier alpha value is 0.0700. The van der Waals surface area contributed by atoms with E-state index in [9.17, 15) is 0 Å². The minimum atomic E-state index is 0. The second-order valence-electron chi connectivity index (χ2n) is 2.59. The van der Waals surface area contributed by atoms with E-state index in [-0.39, 0.29) is 34.0 Å². The van der Waals surface area contributed by atoms with Gasteiger partial charge in [0.15, 0.2) is 18.9 Å². The zero-order chi connectivity index (χ0) is 8.10. The summed E-state index contributed by atoms with van der Waals surface area (Å²) in [5, 5.41) is 0. The zero-order valence-corrected chi connectivity index (χ0v) is 11.0. The first kappa shape index (κ1) is 15.5. The molecule has 0 aliphatic heterocycles. The second-order valence-corrected chi connectivity index (χ2v) is 2.59. The third kappa shape index (κ3) is 5.39. The van der Waals surface area contributed by atoms with Gasteiger partial charge in [-0.1, -0.05) is 6.92 Å². The van der Waals surface area contributed by atoms with Gasteiger partial charge in [0.05, 0.1) is 6.54 Å². The van der Waals surface area contributed by atoms with Gasteiger partial charge in [0.2, 0.25) is 0 Å². The number of halogens is 2. The Morgan fingerprint density at radius 3 is 2.69 bits per heavy atom. The van der Waals surface area contributed by atoms with Crippen LogP contribution in [0.4, 0.5) is 0 Å². The van der Waals surface area contributed by atoms with Crippen molar-refractivity contribution in [3.05, 3.63) is 30.1 Å². The summed E-state index contributed by atoms with van der Waals surface area (Å²) < 4.78 is 2.12. The molecule has 0 spiro atoms. The Labute approximate surface area is 101 Å². The van der Waals surface area contributed by atoms with Crippen LogP contribution in [0.2, 0.25) is 0 Å². The largest absolute Gasteiger partial charge is 1.00 e. The van der Waals surface area contributed by atoms with E-state index in [0.717, 1.165) is 13.0 Å². The van der Waals surface area contributed by atoms with Crippen LogP contribution < -0.4 is 27.3 Å². The first-order valence-corrected chi connectivity index (χ1v) is 4.05. The average molecular weight is 312 g/mol. The Balaban J connectivity index is 0. The van der Waals surface area contributed by atoms with Crippen molar-refractivity contribution in [2.24, 2.45) is 5.73 Å². The number of aromatic nitrogens is 1. The monoisotopic (exact) mass is 310 g/mol. The topological polar surface area (TPSA) is 29.9 Å². The van der Waals surface area contributed by atoms with Gasteiger partial charge in [0.25, 0.3) is 0 Å². The van der Waals surface area contributed by atoms with Crippen LogP contribution in [0.15, 0.2) is 24.5 Å². The number of nitrogens with two attached hydrogens (primary N) is 1. The van der Waals surface area contributed by atoms with Crippen molar-refractivity contribution in [3.8, 4) is 0 Å². The van der Waals surface area contributed by atoms with E-state index in [1.54, 1.807) is 0 Å². The maximum Gasteiger partial charge on any atom is 0.172 e. The molecule has 0 saturated heterocycles. The van der Waals surface area contributed by atoms with Gasteiger partial charge in [0, 0.05) is 11.6 Å². The molecule has 0 saturated carbocycles. The number of nitrogens with zero attached hydrogens (tertiary/aromatic N) is 1. The van der Waals surface area contributed by atoms with E-state index < -0.39 is 0 Å². The normalized spacial score (nSPS) is 8.46. The number of hydrogen-bond acceptors (Lipinski definition) is 1. The molecule has 0 radical (unpaired) electrons. The van der Waals surface area contributed by atoms with Crippen LogP contribution in [-0.4, -0.2) is 6.54 Å². The summed E-state index contributed by atoms with van der Waals surface area (Å²) in [4.78, 5) is 0. The number of rotatable bonds is 3. The lowest BCUT2D eigenvalue weighted by molar-refractivity contribution is -0.694. The molecule has 4 heteroatoms. The van der Waals surface area contributed by atoms with Crippen LogP contribution in [-0.2, 0) is 13.0 Å². The number of pyridine rings is 1. The molecule has 0 unspecified atom stereocenters. The van der Waals surface area contributed by atoms with Crippen molar-refractivity contribution >= 4 is 17.0 Å². The third-order valence-corrected chi connectivity index (χ3v) is 1.72. The lowest BCUT2D eigenvalue weighted by Gasteiger charge is -1.95. The maximum atomic E-state index is 5.43. The minimum absolute atomic E-state index is 0. The van der Waals surface area contributed by atoms with Gasteiger partial charge in [-0.25, -0.2) is 4.57 Å². The molecule has 0 aliphatic carbocycles. The van der Waals surface area contributed by atoms with Gasteiger partial charge in [0.1, 0.15) is 0 Å². The van der Waals surface area contributed by atoms with Crippen LogP contribution in [0.5, 0.6) is 0 Å². The zero-order valence-electron chi connectivity index (χ0n) is 7.74. The molecular weight excluding hydrogens is 296 g/mol. The SMILES string of the molecule is Br.CCc1ccc[n+](CCN)c1.[Br-]. The fourth-order valence-electron chi connectivity index (χ4n) is 1.07. The van der Waals surface area contributed by atoms with Crippen molar-refractivity contribution in [2.75, 3.05) is 6.54 Å². The van der Waals surface area contributed by atoms with Gasteiger partial charge in [-0.15, -0.1) is 17.0 Å². The summed E-state index contributed by atoms with van der Waals surface area (Å²) in [5.41, 5.74) is 6.79. The van der Waals surface area contributed by atoms with E-state index in [2.05, 4.69) is 29.8 Å². The summed E-state index contributed by atoms with van der Waals surface area (Å²) in [5.74, 6) is 0. The predicted octanol–water partition coefficient (Wildman–Crippen LogP) is -1.92. The van der Waals surface area contributed by atoms with Gasteiger partial charge in [-0.2, -0.15) is 0 Å². The summed E-state index contributed by atoms with van der Waals surface area (Å²) in [6.45, 7) is 3.77. The van der Waals surface area contributed by atoms with E-state index in [4.69, 9.17) is 5.73 Å². The van der Waals surface area contributed by atoms with Crippen LogP contribution in [0.25, 0.3) is 0 Å². The molecule has 0 aliphatic rings. The number of aryl methyl sites for hydroxylation is 1. The Morgan fingerprint density at radius 1 is 1.46 bits per heavy atom. The van der Waals surface area contributed by atoms with E-state index in [1.165, 1.54) is 5.56 Å².